The molecule has 5 heteroatoms. The Bertz CT molecular complexity index is 751. The van der Waals surface area contributed by atoms with Gasteiger partial charge >= 0.3 is 0 Å². The number of hydrogen-bond acceptors (Lipinski definition) is 3. The molecular weight excluding hydrogens is 284 g/mol. The minimum Gasteiger partial charge on any atom is -0.328 e. The first-order valence-corrected chi connectivity index (χ1v) is 7.39. The molecule has 21 heavy (non-hydrogen) atoms. The van der Waals surface area contributed by atoms with E-state index in [0.29, 0.717) is 11.6 Å². The van der Waals surface area contributed by atoms with E-state index in [1.54, 1.807) is 12.4 Å². The van der Waals surface area contributed by atoms with E-state index in [4.69, 9.17) is 11.6 Å². The monoisotopic (exact) mass is 300 g/mol. The molecule has 0 saturated carbocycles. The summed E-state index contributed by atoms with van der Waals surface area (Å²) in [6.07, 6.45) is 7.41. The van der Waals surface area contributed by atoms with Crippen molar-refractivity contribution in [3.05, 3.63) is 59.1 Å². The van der Waals surface area contributed by atoms with Crippen LogP contribution in [0.3, 0.4) is 0 Å². The molecule has 0 amide bonds. The summed E-state index contributed by atoms with van der Waals surface area (Å²) >= 11 is 6.21. The lowest BCUT2D eigenvalue weighted by molar-refractivity contribution is 0.724. The molecule has 3 aromatic heterocycles. The van der Waals surface area contributed by atoms with Gasteiger partial charge in [-0.05, 0) is 35.9 Å². The maximum Gasteiger partial charge on any atom is 0.140 e. The Labute approximate surface area is 128 Å². The second-order valence-corrected chi connectivity index (χ2v) is 5.31. The molecule has 0 aromatic carbocycles. The highest BCUT2D eigenvalue weighted by molar-refractivity contribution is 6.31. The van der Waals surface area contributed by atoms with Crippen molar-refractivity contribution in [1.29, 1.82) is 0 Å². The summed E-state index contributed by atoms with van der Waals surface area (Å²) < 4.78 is 2.14. The Hall–Kier alpha value is -1.91. The molecular formula is C16H17ClN4. The zero-order valence-corrected chi connectivity index (χ0v) is 12.6. The van der Waals surface area contributed by atoms with Crippen LogP contribution in [-0.2, 0) is 13.1 Å². The minimum atomic E-state index is 0.684. The van der Waals surface area contributed by atoms with E-state index in [9.17, 15) is 0 Å². The summed E-state index contributed by atoms with van der Waals surface area (Å²) in [5.41, 5.74) is 3.28. The van der Waals surface area contributed by atoms with Gasteiger partial charge in [0, 0.05) is 36.7 Å². The van der Waals surface area contributed by atoms with E-state index in [1.165, 1.54) is 10.9 Å². The molecule has 0 radical (unpaired) electrons. The average molecular weight is 301 g/mol. The van der Waals surface area contributed by atoms with Crippen molar-refractivity contribution in [3.63, 3.8) is 0 Å². The predicted octanol–water partition coefficient (Wildman–Crippen LogP) is 3.24. The average Bonchev–Trinajstić information content (AvgIpc) is 2.86. The van der Waals surface area contributed by atoms with Crippen molar-refractivity contribution < 1.29 is 0 Å². The van der Waals surface area contributed by atoms with E-state index < -0.39 is 0 Å². The van der Waals surface area contributed by atoms with Crippen LogP contribution in [0.25, 0.3) is 11.0 Å². The second-order valence-electron chi connectivity index (χ2n) is 4.90. The molecule has 0 saturated heterocycles. The fourth-order valence-electron chi connectivity index (χ4n) is 2.43. The van der Waals surface area contributed by atoms with E-state index in [1.807, 2.05) is 18.3 Å². The van der Waals surface area contributed by atoms with Crippen LogP contribution in [0.2, 0.25) is 5.02 Å². The van der Waals surface area contributed by atoms with Gasteiger partial charge in [0.2, 0.25) is 0 Å². The third-order valence-electron chi connectivity index (χ3n) is 3.48. The summed E-state index contributed by atoms with van der Waals surface area (Å²) in [6, 6.07) is 6.03. The van der Waals surface area contributed by atoms with Gasteiger partial charge in [-0.3, -0.25) is 4.98 Å². The van der Waals surface area contributed by atoms with Gasteiger partial charge in [0.1, 0.15) is 5.65 Å². The fourth-order valence-corrected chi connectivity index (χ4v) is 2.61. The molecule has 0 spiro atoms. The lowest BCUT2D eigenvalue weighted by Gasteiger charge is -2.06. The Morgan fingerprint density at radius 3 is 2.95 bits per heavy atom. The van der Waals surface area contributed by atoms with E-state index >= 15 is 0 Å². The van der Waals surface area contributed by atoms with Crippen LogP contribution in [-0.4, -0.2) is 21.1 Å². The molecule has 0 atom stereocenters. The standard InChI is InChI=1S/C16H17ClN4/c1-2-18-8-13-11-21(16-14(13)4-3-6-20-16)10-12-5-7-19-9-15(12)17/h3-7,9,11,18H,2,8,10H2,1H3. The van der Waals surface area contributed by atoms with Crippen molar-refractivity contribution in [2.75, 3.05) is 6.54 Å². The lowest BCUT2D eigenvalue weighted by atomic mass is 10.2. The van der Waals surface area contributed by atoms with Gasteiger partial charge in [0.25, 0.3) is 0 Å². The van der Waals surface area contributed by atoms with Crippen LogP contribution in [0.1, 0.15) is 18.1 Å². The summed E-state index contributed by atoms with van der Waals surface area (Å²) in [6.45, 7) is 4.59. The van der Waals surface area contributed by atoms with Crippen LogP contribution in [0.15, 0.2) is 43.0 Å². The zero-order chi connectivity index (χ0) is 14.7. The molecule has 4 nitrogen and oxygen atoms in total. The zero-order valence-electron chi connectivity index (χ0n) is 11.9. The quantitative estimate of drug-likeness (QED) is 0.786. The molecule has 1 N–H and O–H groups in total. The van der Waals surface area contributed by atoms with Crippen LogP contribution in [0.5, 0.6) is 0 Å². The fraction of sp³-hybridized carbons (Fsp3) is 0.250. The SMILES string of the molecule is CCNCc1cn(Cc2ccncc2Cl)c2ncccc12. The van der Waals surface area contributed by atoms with Crippen LogP contribution < -0.4 is 5.32 Å². The molecule has 0 fully saturated rings. The lowest BCUT2D eigenvalue weighted by Crippen LogP contribution is -2.11. The van der Waals surface area contributed by atoms with Gasteiger partial charge in [-0.15, -0.1) is 0 Å². The largest absolute Gasteiger partial charge is 0.328 e. The number of halogens is 1. The molecule has 108 valence electrons. The Kier molecular flexibility index (Phi) is 4.18. The third-order valence-corrected chi connectivity index (χ3v) is 3.82. The Morgan fingerprint density at radius 1 is 1.24 bits per heavy atom. The number of nitrogens with zero attached hydrogens (tertiary/aromatic N) is 3. The van der Waals surface area contributed by atoms with E-state index in [0.717, 1.165) is 24.3 Å². The van der Waals surface area contributed by atoms with Gasteiger partial charge in [-0.1, -0.05) is 18.5 Å². The smallest absolute Gasteiger partial charge is 0.140 e. The second kappa shape index (κ2) is 6.24. The number of nitrogens with one attached hydrogen (secondary N) is 1. The maximum absolute atomic E-state index is 6.21. The Balaban J connectivity index is 2.00. The summed E-state index contributed by atoms with van der Waals surface area (Å²) in [5, 5.41) is 5.24. The van der Waals surface area contributed by atoms with Crippen molar-refractivity contribution in [2.45, 2.75) is 20.0 Å². The molecule has 3 aromatic rings. The third kappa shape index (κ3) is 2.91. The normalized spacial score (nSPS) is 11.1. The maximum atomic E-state index is 6.21. The predicted molar refractivity (Wildman–Crippen MR) is 85.5 cm³/mol. The Morgan fingerprint density at radius 2 is 2.14 bits per heavy atom. The number of aromatic nitrogens is 3. The molecule has 0 unspecified atom stereocenters. The molecule has 0 aliphatic carbocycles. The van der Waals surface area contributed by atoms with E-state index in [2.05, 4.69) is 39.0 Å². The summed E-state index contributed by atoms with van der Waals surface area (Å²) in [5.74, 6) is 0. The number of hydrogen-bond donors (Lipinski definition) is 1. The molecule has 0 aliphatic heterocycles. The molecule has 3 heterocycles. The minimum absolute atomic E-state index is 0.684. The van der Waals surface area contributed by atoms with Crippen molar-refractivity contribution in [1.82, 2.24) is 19.9 Å². The van der Waals surface area contributed by atoms with Crippen LogP contribution >= 0.6 is 11.6 Å². The highest BCUT2D eigenvalue weighted by atomic mass is 35.5. The topological polar surface area (TPSA) is 42.7 Å². The van der Waals surface area contributed by atoms with Crippen molar-refractivity contribution >= 4 is 22.6 Å². The first-order chi connectivity index (χ1) is 10.3. The summed E-state index contributed by atoms with van der Waals surface area (Å²) in [4.78, 5) is 8.54. The van der Waals surface area contributed by atoms with Gasteiger partial charge in [0.05, 0.1) is 11.6 Å². The first-order valence-electron chi connectivity index (χ1n) is 7.01. The van der Waals surface area contributed by atoms with Gasteiger partial charge < -0.3 is 9.88 Å². The number of fused-ring (bicyclic) bond motifs is 1. The highest BCUT2D eigenvalue weighted by Crippen LogP contribution is 2.22. The molecule has 3 rings (SSSR count). The number of pyridine rings is 2. The van der Waals surface area contributed by atoms with E-state index in [-0.39, 0.29) is 0 Å². The first kappa shape index (κ1) is 14.0. The van der Waals surface area contributed by atoms with Gasteiger partial charge in [-0.25, -0.2) is 4.98 Å². The summed E-state index contributed by atoms with van der Waals surface area (Å²) in [7, 11) is 0. The van der Waals surface area contributed by atoms with Crippen molar-refractivity contribution in [3.8, 4) is 0 Å². The van der Waals surface area contributed by atoms with Crippen LogP contribution in [0.4, 0.5) is 0 Å². The highest BCUT2D eigenvalue weighted by Gasteiger charge is 2.10. The van der Waals surface area contributed by atoms with Gasteiger partial charge in [0.15, 0.2) is 0 Å². The number of rotatable bonds is 5. The molecule has 0 bridgehead atoms. The molecule has 0 aliphatic rings. The van der Waals surface area contributed by atoms with Gasteiger partial charge in [-0.2, -0.15) is 0 Å². The van der Waals surface area contributed by atoms with Crippen molar-refractivity contribution in [2.24, 2.45) is 0 Å². The van der Waals surface area contributed by atoms with Crippen LogP contribution in [0, 0.1) is 0 Å².